The third kappa shape index (κ3) is 3.84. The second kappa shape index (κ2) is 7.42. The number of anilines is 1. The molecular formula is C17H19FN4O3. The van der Waals surface area contributed by atoms with Crippen LogP contribution in [-0.2, 0) is 16.0 Å². The molecule has 1 aromatic heterocycles. The Morgan fingerprint density at radius 2 is 2.20 bits per heavy atom. The zero-order valence-electron chi connectivity index (χ0n) is 13.9. The summed E-state index contributed by atoms with van der Waals surface area (Å²) in [6.45, 7) is 2.73. The van der Waals surface area contributed by atoms with Gasteiger partial charge in [-0.15, -0.1) is 0 Å². The van der Waals surface area contributed by atoms with Crippen molar-refractivity contribution in [2.75, 3.05) is 18.4 Å². The van der Waals surface area contributed by atoms with Gasteiger partial charge in [0.05, 0.1) is 5.69 Å². The number of hydrogen-bond acceptors (Lipinski definition) is 5. The summed E-state index contributed by atoms with van der Waals surface area (Å²) in [6, 6.07) is 5.73. The SMILES string of the molecule is CCc1nc(C2CCCN(C(=O)C(=O)Nc3ccccc3F)C2)no1. The smallest absolute Gasteiger partial charge is 0.313 e. The molecule has 8 heteroatoms. The van der Waals surface area contributed by atoms with Crippen molar-refractivity contribution in [3.05, 3.63) is 41.8 Å². The summed E-state index contributed by atoms with van der Waals surface area (Å²) >= 11 is 0. The number of benzene rings is 1. The fourth-order valence-electron chi connectivity index (χ4n) is 2.83. The average Bonchev–Trinajstić information content (AvgIpc) is 3.12. The summed E-state index contributed by atoms with van der Waals surface area (Å²) in [5.74, 6) is -1.08. The van der Waals surface area contributed by atoms with Gasteiger partial charge in [0.25, 0.3) is 0 Å². The predicted octanol–water partition coefficient (Wildman–Crippen LogP) is 2.12. The quantitative estimate of drug-likeness (QED) is 0.860. The molecule has 3 rings (SSSR count). The monoisotopic (exact) mass is 346 g/mol. The molecule has 1 saturated heterocycles. The van der Waals surface area contributed by atoms with Gasteiger partial charge in [0, 0.05) is 25.4 Å². The van der Waals surface area contributed by atoms with Crippen LogP contribution in [0, 0.1) is 5.82 Å². The number of aryl methyl sites for hydroxylation is 1. The fourth-order valence-corrected chi connectivity index (χ4v) is 2.83. The molecule has 1 atom stereocenters. The first-order chi connectivity index (χ1) is 12.1. The van der Waals surface area contributed by atoms with Gasteiger partial charge in [0.2, 0.25) is 5.89 Å². The van der Waals surface area contributed by atoms with Crippen LogP contribution in [-0.4, -0.2) is 39.9 Å². The van der Waals surface area contributed by atoms with Gasteiger partial charge in [-0.3, -0.25) is 9.59 Å². The van der Waals surface area contributed by atoms with Crippen LogP contribution >= 0.6 is 0 Å². The van der Waals surface area contributed by atoms with E-state index in [1.807, 2.05) is 6.92 Å². The maximum absolute atomic E-state index is 13.6. The molecule has 25 heavy (non-hydrogen) atoms. The van der Waals surface area contributed by atoms with Gasteiger partial charge >= 0.3 is 11.8 Å². The van der Waals surface area contributed by atoms with Crippen LogP contribution in [0.3, 0.4) is 0 Å². The summed E-state index contributed by atoms with van der Waals surface area (Å²) in [5, 5.41) is 6.27. The lowest BCUT2D eigenvalue weighted by Crippen LogP contribution is -2.44. The number of nitrogens with one attached hydrogen (secondary N) is 1. The van der Waals surface area contributed by atoms with Crippen LogP contribution in [0.5, 0.6) is 0 Å². The Morgan fingerprint density at radius 1 is 1.40 bits per heavy atom. The van der Waals surface area contributed by atoms with Crippen LogP contribution in [0.2, 0.25) is 0 Å². The van der Waals surface area contributed by atoms with E-state index in [4.69, 9.17) is 4.52 Å². The minimum Gasteiger partial charge on any atom is -0.339 e. The summed E-state index contributed by atoms with van der Waals surface area (Å²) in [6.07, 6.45) is 2.20. The minimum absolute atomic E-state index is 0.0137. The van der Waals surface area contributed by atoms with Crippen LogP contribution in [0.4, 0.5) is 10.1 Å². The van der Waals surface area contributed by atoms with Crippen molar-refractivity contribution in [1.29, 1.82) is 0 Å². The van der Waals surface area contributed by atoms with Gasteiger partial charge in [-0.2, -0.15) is 4.98 Å². The third-order valence-electron chi connectivity index (χ3n) is 4.18. The highest BCUT2D eigenvalue weighted by molar-refractivity contribution is 6.39. The van der Waals surface area contributed by atoms with Gasteiger partial charge in [-0.25, -0.2) is 4.39 Å². The standard InChI is InChI=1S/C17H19FN4O3/c1-2-14-20-15(21-25-14)11-6-5-9-22(10-11)17(24)16(23)19-13-8-4-3-7-12(13)18/h3-4,7-8,11H,2,5-6,9-10H2,1H3,(H,19,23). The van der Waals surface area contributed by atoms with E-state index in [0.717, 1.165) is 12.8 Å². The third-order valence-corrected chi connectivity index (χ3v) is 4.18. The lowest BCUT2D eigenvalue weighted by atomic mass is 9.97. The highest BCUT2D eigenvalue weighted by atomic mass is 19.1. The number of aromatic nitrogens is 2. The molecule has 2 aromatic rings. The Hall–Kier alpha value is -2.77. The van der Waals surface area contributed by atoms with E-state index < -0.39 is 17.6 Å². The Morgan fingerprint density at radius 3 is 2.92 bits per heavy atom. The lowest BCUT2D eigenvalue weighted by molar-refractivity contribution is -0.144. The number of nitrogens with zero attached hydrogens (tertiary/aromatic N) is 3. The van der Waals surface area contributed by atoms with E-state index in [-0.39, 0.29) is 11.6 Å². The molecule has 1 N–H and O–H groups in total. The van der Waals surface area contributed by atoms with Crippen molar-refractivity contribution >= 4 is 17.5 Å². The highest BCUT2D eigenvalue weighted by Gasteiger charge is 2.31. The van der Waals surface area contributed by atoms with Gasteiger partial charge in [0.15, 0.2) is 5.82 Å². The number of amides is 2. The van der Waals surface area contributed by atoms with Crippen molar-refractivity contribution in [2.24, 2.45) is 0 Å². The molecule has 2 amide bonds. The van der Waals surface area contributed by atoms with Gasteiger partial charge < -0.3 is 14.7 Å². The fraction of sp³-hybridized carbons (Fsp3) is 0.412. The molecule has 132 valence electrons. The Balaban J connectivity index is 1.65. The molecule has 1 aromatic carbocycles. The maximum Gasteiger partial charge on any atom is 0.313 e. The van der Waals surface area contributed by atoms with Crippen molar-refractivity contribution < 1.29 is 18.5 Å². The predicted molar refractivity (Wildman–Crippen MR) is 87.3 cm³/mol. The van der Waals surface area contributed by atoms with E-state index in [1.54, 1.807) is 6.07 Å². The van der Waals surface area contributed by atoms with E-state index in [9.17, 15) is 14.0 Å². The lowest BCUT2D eigenvalue weighted by Gasteiger charge is -2.30. The minimum atomic E-state index is -0.854. The van der Waals surface area contributed by atoms with Crippen LogP contribution in [0.15, 0.2) is 28.8 Å². The summed E-state index contributed by atoms with van der Waals surface area (Å²) in [4.78, 5) is 30.3. The van der Waals surface area contributed by atoms with Gasteiger partial charge in [0.1, 0.15) is 5.82 Å². The molecule has 0 radical (unpaired) electrons. The number of hydrogen-bond donors (Lipinski definition) is 1. The summed E-state index contributed by atoms with van der Waals surface area (Å²) < 4.78 is 18.7. The topological polar surface area (TPSA) is 88.3 Å². The molecule has 1 aliphatic rings. The van der Waals surface area contributed by atoms with Gasteiger partial charge in [-0.1, -0.05) is 24.2 Å². The zero-order chi connectivity index (χ0) is 17.8. The summed E-state index contributed by atoms with van der Waals surface area (Å²) in [7, 11) is 0. The second-order valence-corrected chi connectivity index (χ2v) is 5.92. The molecule has 2 heterocycles. The molecular weight excluding hydrogens is 327 g/mol. The number of rotatable bonds is 3. The maximum atomic E-state index is 13.6. The van der Waals surface area contributed by atoms with E-state index in [0.29, 0.717) is 31.2 Å². The zero-order valence-corrected chi connectivity index (χ0v) is 13.9. The first-order valence-electron chi connectivity index (χ1n) is 8.25. The number of piperidine rings is 1. The van der Waals surface area contributed by atoms with E-state index in [1.165, 1.54) is 23.1 Å². The second-order valence-electron chi connectivity index (χ2n) is 5.92. The molecule has 0 saturated carbocycles. The average molecular weight is 346 g/mol. The first kappa shape index (κ1) is 17.1. The van der Waals surface area contributed by atoms with Crippen molar-refractivity contribution in [3.8, 4) is 0 Å². The van der Waals surface area contributed by atoms with E-state index in [2.05, 4.69) is 15.5 Å². The van der Waals surface area contributed by atoms with Crippen LogP contribution in [0.25, 0.3) is 0 Å². The molecule has 0 aliphatic carbocycles. The van der Waals surface area contributed by atoms with Crippen molar-refractivity contribution in [1.82, 2.24) is 15.0 Å². The Bertz CT molecular complexity index is 777. The normalized spacial score (nSPS) is 17.4. The molecule has 1 fully saturated rings. The molecule has 1 aliphatic heterocycles. The number of carbonyl (C=O) groups is 2. The number of halogens is 1. The van der Waals surface area contributed by atoms with Crippen molar-refractivity contribution in [2.45, 2.75) is 32.1 Å². The number of carbonyl (C=O) groups excluding carboxylic acids is 2. The largest absolute Gasteiger partial charge is 0.339 e. The van der Waals surface area contributed by atoms with Crippen LogP contribution < -0.4 is 5.32 Å². The van der Waals surface area contributed by atoms with Crippen molar-refractivity contribution in [3.63, 3.8) is 0 Å². The molecule has 1 unspecified atom stereocenters. The molecule has 0 bridgehead atoms. The Kier molecular flexibility index (Phi) is 5.06. The van der Waals surface area contributed by atoms with E-state index >= 15 is 0 Å². The Labute approximate surface area is 144 Å². The molecule has 7 nitrogen and oxygen atoms in total. The van der Waals surface area contributed by atoms with Crippen LogP contribution in [0.1, 0.15) is 37.4 Å². The highest BCUT2D eigenvalue weighted by Crippen LogP contribution is 2.25. The summed E-state index contributed by atoms with van der Waals surface area (Å²) in [5.41, 5.74) is -0.0137. The van der Waals surface area contributed by atoms with Gasteiger partial charge in [-0.05, 0) is 25.0 Å². The molecule has 0 spiro atoms. The first-order valence-corrected chi connectivity index (χ1v) is 8.25. The number of likely N-dealkylation sites (tertiary alicyclic amines) is 1. The number of para-hydroxylation sites is 1.